The Bertz CT molecular complexity index is 495. The third-order valence-electron chi connectivity index (χ3n) is 4.39. The molecule has 0 aromatic rings. The second-order valence-corrected chi connectivity index (χ2v) is 6.97. The number of nitrogens with zero attached hydrogens (tertiary/aromatic N) is 2. The number of aliphatic imine (C=N–C) groups is 2. The number of hydrogen-bond donors (Lipinski definition) is 1. The van der Waals surface area contributed by atoms with E-state index in [1.807, 2.05) is 0 Å². The summed E-state index contributed by atoms with van der Waals surface area (Å²) in [6.45, 7) is 0. The third-order valence-corrected chi connectivity index (χ3v) is 5.47. The zero-order valence-corrected chi connectivity index (χ0v) is 13.0. The number of amides is 3. The molecule has 0 aromatic carbocycles. The first-order valence-electron chi connectivity index (χ1n) is 7.84. The van der Waals surface area contributed by atoms with E-state index >= 15 is 0 Å². The lowest BCUT2D eigenvalue weighted by Gasteiger charge is -2.27. The van der Waals surface area contributed by atoms with Gasteiger partial charge in [-0.2, -0.15) is 4.99 Å². The predicted octanol–water partition coefficient (Wildman–Crippen LogP) is 2.94. The first-order chi connectivity index (χ1) is 10.2. The lowest BCUT2D eigenvalue weighted by atomic mass is 9.87. The van der Waals surface area contributed by atoms with Gasteiger partial charge in [0.15, 0.2) is 0 Å². The van der Waals surface area contributed by atoms with Gasteiger partial charge in [-0.1, -0.05) is 19.3 Å². The lowest BCUT2D eigenvalue weighted by Crippen LogP contribution is -2.35. The van der Waals surface area contributed by atoms with Crippen LogP contribution < -0.4 is 5.32 Å². The zero-order valence-electron chi connectivity index (χ0n) is 12.1. The number of carbonyl (C=O) groups is 2. The zero-order chi connectivity index (χ0) is 14.7. The van der Waals surface area contributed by atoms with Crippen LogP contribution in [0.3, 0.4) is 0 Å². The molecular weight excluding hydrogens is 286 g/mol. The molecule has 0 spiro atoms. The molecule has 5 nitrogen and oxygen atoms in total. The molecule has 1 atom stereocenters. The Balaban J connectivity index is 1.54. The maximum absolute atomic E-state index is 12.0. The van der Waals surface area contributed by atoms with E-state index in [9.17, 15) is 9.59 Å². The van der Waals surface area contributed by atoms with Gasteiger partial charge in [0.2, 0.25) is 5.91 Å². The van der Waals surface area contributed by atoms with Crippen LogP contribution >= 0.6 is 11.8 Å². The van der Waals surface area contributed by atoms with Crippen LogP contribution in [0.1, 0.15) is 51.4 Å². The molecule has 6 heteroatoms. The fraction of sp³-hybridized carbons (Fsp3) is 0.733. The smallest absolute Gasteiger partial charge is 0.353 e. The van der Waals surface area contributed by atoms with Crippen molar-refractivity contribution in [3.63, 3.8) is 0 Å². The number of thioether (sulfide) groups is 1. The summed E-state index contributed by atoms with van der Waals surface area (Å²) in [6.07, 6.45) is 8.74. The summed E-state index contributed by atoms with van der Waals surface area (Å²) in [5.74, 6) is 0.592. The van der Waals surface area contributed by atoms with E-state index in [1.54, 1.807) is 0 Å². The first-order valence-corrected chi connectivity index (χ1v) is 8.83. The summed E-state index contributed by atoms with van der Waals surface area (Å²) in [7, 11) is 0. The van der Waals surface area contributed by atoms with Gasteiger partial charge < -0.3 is 5.32 Å². The predicted molar refractivity (Wildman–Crippen MR) is 85.1 cm³/mol. The molecule has 1 heterocycles. The lowest BCUT2D eigenvalue weighted by molar-refractivity contribution is -0.119. The van der Waals surface area contributed by atoms with Crippen molar-refractivity contribution in [2.75, 3.05) is 5.75 Å². The van der Waals surface area contributed by atoms with Crippen LogP contribution in [-0.4, -0.2) is 34.5 Å². The Morgan fingerprint density at radius 1 is 1.14 bits per heavy atom. The maximum atomic E-state index is 12.0. The Kier molecular flexibility index (Phi) is 4.73. The van der Waals surface area contributed by atoms with Gasteiger partial charge in [0.05, 0.1) is 10.8 Å². The van der Waals surface area contributed by atoms with Crippen molar-refractivity contribution in [1.29, 1.82) is 0 Å². The average molecular weight is 307 g/mol. The van der Waals surface area contributed by atoms with E-state index < -0.39 is 6.03 Å². The molecule has 0 radical (unpaired) electrons. The van der Waals surface area contributed by atoms with Crippen molar-refractivity contribution in [3.05, 3.63) is 0 Å². The van der Waals surface area contributed by atoms with Crippen molar-refractivity contribution in [2.24, 2.45) is 15.9 Å². The van der Waals surface area contributed by atoms with Gasteiger partial charge in [-0.3, -0.25) is 4.79 Å². The van der Waals surface area contributed by atoms with Gasteiger partial charge in [-0.25, -0.2) is 9.79 Å². The van der Waals surface area contributed by atoms with E-state index in [1.165, 1.54) is 24.6 Å². The van der Waals surface area contributed by atoms with E-state index in [2.05, 4.69) is 15.3 Å². The van der Waals surface area contributed by atoms with Gasteiger partial charge in [0.25, 0.3) is 0 Å². The quantitative estimate of drug-likeness (QED) is 0.871. The molecule has 0 aromatic heterocycles. The van der Waals surface area contributed by atoms with Crippen molar-refractivity contribution in [3.8, 4) is 0 Å². The summed E-state index contributed by atoms with van der Waals surface area (Å²) in [5, 5.41) is 3.87. The number of fused-ring (bicyclic) bond motifs is 1. The van der Waals surface area contributed by atoms with E-state index in [0.717, 1.165) is 49.3 Å². The normalized spacial score (nSPS) is 26.1. The number of nitrogens with one attached hydrogen (secondary N) is 1. The molecule has 2 saturated carbocycles. The van der Waals surface area contributed by atoms with Crippen LogP contribution in [-0.2, 0) is 4.79 Å². The highest BCUT2D eigenvalue weighted by Gasteiger charge is 2.30. The highest BCUT2D eigenvalue weighted by Crippen LogP contribution is 2.30. The summed E-state index contributed by atoms with van der Waals surface area (Å²) >= 11 is 1.41. The van der Waals surface area contributed by atoms with Gasteiger partial charge in [-0.05, 0) is 32.1 Å². The molecule has 3 rings (SSSR count). The van der Waals surface area contributed by atoms with Crippen LogP contribution in [0.25, 0.3) is 0 Å². The number of hydrogen-bond acceptors (Lipinski definition) is 3. The van der Waals surface area contributed by atoms with Crippen LogP contribution in [0.2, 0.25) is 0 Å². The van der Waals surface area contributed by atoms with Gasteiger partial charge in [0, 0.05) is 17.7 Å². The number of carbonyl (C=O) groups excluding carboxylic acids is 2. The van der Waals surface area contributed by atoms with Gasteiger partial charge in [-0.15, -0.1) is 11.8 Å². The van der Waals surface area contributed by atoms with E-state index in [4.69, 9.17) is 0 Å². The molecule has 0 bridgehead atoms. The summed E-state index contributed by atoms with van der Waals surface area (Å²) in [4.78, 5) is 31.6. The second-order valence-electron chi connectivity index (χ2n) is 5.97. The molecule has 3 amide bonds. The molecule has 0 saturated heterocycles. The first kappa shape index (κ1) is 14.8. The molecule has 2 fully saturated rings. The Morgan fingerprint density at radius 2 is 1.90 bits per heavy atom. The molecule has 114 valence electrons. The summed E-state index contributed by atoms with van der Waals surface area (Å²) < 4.78 is 0. The molecular formula is C15H21N3O2S. The molecule has 2 aliphatic carbocycles. The molecule has 1 unspecified atom stereocenters. The minimum Gasteiger partial charge on any atom is -0.353 e. The van der Waals surface area contributed by atoms with Crippen molar-refractivity contribution >= 4 is 34.5 Å². The van der Waals surface area contributed by atoms with Crippen molar-refractivity contribution < 1.29 is 9.59 Å². The molecule has 3 aliphatic rings. The van der Waals surface area contributed by atoms with Gasteiger partial charge >= 0.3 is 6.03 Å². The monoisotopic (exact) mass is 307 g/mol. The minimum atomic E-state index is -0.401. The molecule has 1 aliphatic heterocycles. The highest BCUT2D eigenvalue weighted by atomic mass is 32.2. The summed E-state index contributed by atoms with van der Waals surface area (Å²) in [5.41, 5.74) is 0.972. The SMILES string of the molecule is O=C1N=C2CCCCC2C(SCC(=O)NC2CCCC2)=N1. The largest absolute Gasteiger partial charge is 0.367 e. The third kappa shape index (κ3) is 3.73. The van der Waals surface area contributed by atoms with Crippen LogP contribution in [0.15, 0.2) is 9.98 Å². The molecule has 21 heavy (non-hydrogen) atoms. The summed E-state index contributed by atoms with van der Waals surface area (Å²) in [6, 6.07) is -0.0540. The highest BCUT2D eigenvalue weighted by molar-refractivity contribution is 8.14. The van der Waals surface area contributed by atoms with Gasteiger partial charge in [0.1, 0.15) is 0 Å². The van der Waals surface area contributed by atoms with E-state index in [0.29, 0.717) is 11.8 Å². The maximum Gasteiger partial charge on any atom is 0.367 e. The minimum absolute atomic E-state index is 0.0573. The Morgan fingerprint density at radius 3 is 2.71 bits per heavy atom. The second kappa shape index (κ2) is 6.73. The fourth-order valence-corrected chi connectivity index (χ4v) is 4.29. The Hall–Kier alpha value is -1.17. The van der Waals surface area contributed by atoms with Crippen molar-refractivity contribution in [2.45, 2.75) is 57.4 Å². The number of urea groups is 1. The Labute approximate surface area is 129 Å². The van der Waals surface area contributed by atoms with Crippen LogP contribution in [0.5, 0.6) is 0 Å². The molecule has 1 N–H and O–H groups in total. The fourth-order valence-electron chi connectivity index (χ4n) is 3.33. The topological polar surface area (TPSA) is 70.9 Å². The van der Waals surface area contributed by atoms with Crippen LogP contribution in [0, 0.1) is 5.92 Å². The number of rotatable bonds is 3. The van der Waals surface area contributed by atoms with E-state index in [-0.39, 0.29) is 11.8 Å². The van der Waals surface area contributed by atoms with Crippen LogP contribution in [0.4, 0.5) is 4.79 Å². The standard InChI is InChI=1S/C15H21N3O2S/c19-13(16-10-5-1-2-6-10)9-21-14-11-7-3-4-8-12(11)17-15(20)18-14/h10-11H,1-9H2,(H,16,19). The average Bonchev–Trinajstić information content (AvgIpc) is 2.97. The van der Waals surface area contributed by atoms with Crippen molar-refractivity contribution in [1.82, 2.24) is 5.32 Å².